The van der Waals surface area contributed by atoms with Crippen molar-refractivity contribution >= 4 is 17.7 Å². The van der Waals surface area contributed by atoms with Crippen molar-refractivity contribution in [1.29, 1.82) is 0 Å². The lowest BCUT2D eigenvalue weighted by Crippen LogP contribution is -2.32. The maximum atomic E-state index is 12.3. The van der Waals surface area contributed by atoms with Crippen molar-refractivity contribution in [3.63, 3.8) is 0 Å². The SMILES string of the molecule is CCN(CC)C(=O)CSc1nnc(-c2ccco2)n1CC1CCCO1. The number of hydrogen-bond donors (Lipinski definition) is 0. The molecule has 0 N–H and O–H groups in total. The summed E-state index contributed by atoms with van der Waals surface area (Å²) in [4.78, 5) is 14.1. The van der Waals surface area contributed by atoms with Crippen LogP contribution in [0.5, 0.6) is 0 Å². The van der Waals surface area contributed by atoms with Crippen LogP contribution in [-0.4, -0.2) is 57.1 Å². The molecule has 25 heavy (non-hydrogen) atoms. The average molecular weight is 364 g/mol. The van der Waals surface area contributed by atoms with Gasteiger partial charge in [0.15, 0.2) is 10.9 Å². The number of furan rings is 1. The lowest BCUT2D eigenvalue weighted by atomic mass is 10.2. The van der Waals surface area contributed by atoms with E-state index < -0.39 is 0 Å². The Labute approximate surface area is 151 Å². The van der Waals surface area contributed by atoms with E-state index in [0.29, 0.717) is 23.9 Å². The molecule has 7 nitrogen and oxygen atoms in total. The quantitative estimate of drug-likeness (QED) is 0.671. The van der Waals surface area contributed by atoms with Crippen LogP contribution >= 0.6 is 11.8 Å². The molecule has 8 heteroatoms. The summed E-state index contributed by atoms with van der Waals surface area (Å²) in [6, 6.07) is 3.70. The smallest absolute Gasteiger partial charge is 0.233 e. The summed E-state index contributed by atoms with van der Waals surface area (Å²) in [6.45, 7) is 6.88. The molecule has 0 spiro atoms. The number of carbonyl (C=O) groups excluding carboxylic acids is 1. The lowest BCUT2D eigenvalue weighted by molar-refractivity contribution is -0.127. The minimum Gasteiger partial charge on any atom is -0.461 e. The highest BCUT2D eigenvalue weighted by Gasteiger charge is 2.23. The van der Waals surface area contributed by atoms with Crippen LogP contribution in [-0.2, 0) is 16.1 Å². The van der Waals surface area contributed by atoms with Gasteiger partial charge >= 0.3 is 0 Å². The second-order valence-electron chi connectivity index (χ2n) is 5.88. The molecule has 136 valence electrons. The third kappa shape index (κ3) is 4.24. The van der Waals surface area contributed by atoms with Crippen LogP contribution in [0.1, 0.15) is 26.7 Å². The van der Waals surface area contributed by atoms with Crippen LogP contribution in [0.15, 0.2) is 28.0 Å². The molecule has 3 heterocycles. The van der Waals surface area contributed by atoms with E-state index in [4.69, 9.17) is 9.15 Å². The minimum atomic E-state index is 0.112. The van der Waals surface area contributed by atoms with E-state index in [1.54, 1.807) is 6.26 Å². The van der Waals surface area contributed by atoms with Gasteiger partial charge in [0.25, 0.3) is 0 Å². The molecule has 1 amide bonds. The van der Waals surface area contributed by atoms with Gasteiger partial charge in [-0.15, -0.1) is 10.2 Å². The second-order valence-corrected chi connectivity index (χ2v) is 6.83. The number of rotatable bonds is 8. The number of thioether (sulfide) groups is 1. The Bertz CT molecular complexity index is 676. The van der Waals surface area contributed by atoms with Gasteiger partial charge in [0.05, 0.1) is 24.7 Å². The molecule has 1 aliphatic heterocycles. The number of hydrogen-bond acceptors (Lipinski definition) is 6. The molecular weight excluding hydrogens is 340 g/mol. The number of carbonyl (C=O) groups is 1. The first-order valence-electron chi connectivity index (χ1n) is 8.72. The fourth-order valence-corrected chi connectivity index (χ4v) is 3.78. The summed E-state index contributed by atoms with van der Waals surface area (Å²) in [5.41, 5.74) is 0. The van der Waals surface area contributed by atoms with Crippen LogP contribution < -0.4 is 0 Å². The molecule has 0 bridgehead atoms. The maximum Gasteiger partial charge on any atom is 0.233 e. The number of aromatic nitrogens is 3. The normalized spacial score (nSPS) is 17.1. The van der Waals surface area contributed by atoms with E-state index in [1.807, 2.05) is 35.4 Å². The fourth-order valence-electron chi connectivity index (χ4n) is 2.93. The van der Waals surface area contributed by atoms with Crippen LogP contribution in [0, 0.1) is 0 Å². The number of nitrogens with zero attached hydrogens (tertiary/aromatic N) is 4. The predicted octanol–water partition coefficient (Wildman–Crippen LogP) is 2.68. The summed E-state index contributed by atoms with van der Waals surface area (Å²) >= 11 is 1.42. The standard InChI is InChI=1S/C17H24N4O3S/c1-3-20(4-2)15(22)12-25-17-19-18-16(14-8-6-10-24-14)21(17)11-13-7-5-9-23-13/h6,8,10,13H,3-5,7,9,11-12H2,1-2H3. The van der Waals surface area contributed by atoms with Crippen molar-refractivity contribution < 1.29 is 13.9 Å². The Balaban J connectivity index is 1.77. The summed E-state index contributed by atoms with van der Waals surface area (Å²) in [7, 11) is 0. The maximum absolute atomic E-state index is 12.3. The lowest BCUT2D eigenvalue weighted by Gasteiger charge is -2.18. The van der Waals surface area contributed by atoms with E-state index in [0.717, 1.165) is 37.7 Å². The molecule has 2 aromatic heterocycles. The molecule has 0 aliphatic carbocycles. The van der Waals surface area contributed by atoms with E-state index in [2.05, 4.69) is 10.2 Å². The van der Waals surface area contributed by atoms with Crippen molar-refractivity contribution in [2.45, 2.75) is 44.5 Å². The molecule has 2 aromatic rings. The summed E-state index contributed by atoms with van der Waals surface area (Å²) < 4.78 is 13.3. The predicted molar refractivity (Wildman–Crippen MR) is 95.4 cm³/mol. The van der Waals surface area contributed by atoms with Gasteiger partial charge in [0.2, 0.25) is 11.7 Å². The van der Waals surface area contributed by atoms with Gasteiger partial charge in [-0.05, 0) is 38.8 Å². The number of amides is 1. The van der Waals surface area contributed by atoms with Gasteiger partial charge in [-0.25, -0.2) is 0 Å². The summed E-state index contributed by atoms with van der Waals surface area (Å²) in [6.07, 6.45) is 3.88. The third-order valence-corrected chi connectivity index (χ3v) is 5.26. The van der Waals surface area contributed by atoms with E-state index >= 15 is 0 Å². The summed E-state index contributed by atoms with van der Waals surface area (Å²) in [5.74, 6) is 1.82. The third-order valence-electron chi connectivity index (χ3n) is 4.31. The molecule has 0 saturated carbocycles. The van der Waals surface area contributed by atoms with Crippen LogP contribution in [0.2, 0.25) is 0 Å². The molecule has 1 saturated heterocycles. The van der Waals surface area contributed by atoms with Crippen molar-refractivity contribution in [3.8, 4) is 11.6 Å². The Hall–Kier alpha value is -1.80. The number of ether oxygens (including phenoxy) is 1. The van der Waals surface area contributed by atoms with Crippen LogP contribution in [0.25, 0.3) is 11.6 Å². The van der Waals surface area contributed by atoms with Gasteiger partial charge in [0.1, 0.15) is 0 Å². The molecule has 1 atom stereocenters. The first-order valence-corrected chi connectivity index (χ1v) is 9.70. The second kappa shape index (κ2) is 8.53. The van der Waals surface area contributed by atoms with Crippen molar-refractivity contribution in [2.75, 3.05) is 25.4 Å². The Morgan fingerprint density at radius 1 is 1.40 bits per heavy atom. The van der Waals surface area contributed by atoms with E-state index in [-0.39, 0.29) is 12.0 Å². The average Bonchev–Trinajstić information content (AvgIpc) is 3.37. The zero-order chi connectivity index (χ0) is 17.6. The summed E-state index contributed by atoms with van der Waals surface area (Å²) in [5, 5.41) is 9.29. The Morgan fingerprint density at radius 2 is 2.24 bits per heavy atom. The van der Waals surface area contributed by atoms with Crippen molar-refractivity contribution in [2.24, 2.45) is 0 Å². The van der Waals surface area contributed by atoms with E-state index in [9.17, 15) is 4.79 Å². The largest absolute Gasteiger partial charge is 0.461 e. The monoisotopic (exact) mass is 364 g/mol. The molecule has 1 fully saturated rings. The molecule has 1 unspecified atom stereocenters. The van der Waals surface area contributed by atoms with Gasteiger partial charge in [0, 0.05) is 19.7 Å². The van der Waals surface area contributed by atoms with Gasteiger partial charge in [-0.1, -0.05) is 11.8 Å². The van der Waals surface area contributed by atoms with Crippen molar-refractivity contribution in [3.05, 3.63) is 18.4 Å². The highest BCUT2D eigenvalue weighted by Crippen LogP contribution is 2.27. The molecule has 3 rings (SSSR count). The van der Waals surface area contributed by atoms with Crippen molar-refractivity contribution in [1.82, 2.24) is 19.7 Å². The van der Waals surface area contributed by atoms with Gasteiger partial charge < -0.3 is 14.1 Å². The Morgan fingerprint density at radius 3 is 2.88 bits per heavy atom. The zero-order valence-corrected chi connectivity index (χ0v) is 15.5. The topological polar surface area (TPSA) is 73.4 Å². The molecule has 0 aromatic carbocycles. The zero-order valence-electron chi connectivity index (χ0n) is 14.7. The first-order chi connectivity index (χ1) is 12.2. The highest BCUT2D eigenvalue weighted by atomic mass is 32.2. The van der Waals surface area contributed by atoms with Crippen LogP contribution in [0.3, 0.4) is 0 Å². The first kappa shape index (κ1) is 18.0. The van der Waals surface area contributed by atoms with Gasteiger partial charge in [-0.3, -0.25) is 9.36 Å². The molecule has 1 aliphatic rings. The van der Waals surface area contributed by atoms with E-state index in [1.165, 1.54) is 11.8 Å². The minimum absolute atomic E-state index is 0.112. The highest BCUT2D eigenvalue weighted by molar-refractivity contribution is 7.99. The molecular formula is C17H24N4O3S. The van der Waals surface area contributed by atoms with Gasteiger partial charge in [-0.2, -0.15) is 0 Å². The fraction of sp³-hybridized carbons (Fsp3) is 0.588. The van der Waals surface area contributed by atoms with Crippen LogP contribution in [0.4, 0.5) is 0 Å². The molecule has 0 radical (unpaired) electrons. The Kier molecular flexibility index (Phi) is 6.14.